The zero-order valence-corrected chi connectivity index (χ0v) is 10.1. The molecule has 0 radical (unpaired) electrons. The van der Waals surface area contributed by atoms with E-state index in [4.69, 9.17) is 5.73 Å². The van der Waals surface area contributed by atoms with Crippen molar-refractivity contribution in [2.75, 3.05) is 18.5 Å². The van der Waals surface area contributed by atoms with Gasteiger partial charge in [0, 0.05) is 49.5 Å². The van der Waals surface area contributed by atoms with Crippen LogP contribution < -0.4 is 10.6 Å². The number of hydrogen-bond donors (Lipinski definition) is 2. The second-order valence-electron chi connectivity index (χ2n) is 3.68. The number of nitrogens with zero attached hydrogens (tertiary/aromatic N) is 2. The topological polar surface area (TPSA) is 57.9 Å². The van der Waals surface area contributed by atoms with Gasteiger partial charge in [0.25, 0.3) is 0 Å². The number of anilines is 1. The van der Waals surface area contributed by atoms with Crippen LogP contribution >= 0.6 is 11.3 Å². The smallest absolute Gasteiger partial charge is 0.185 e. The lowest BCUT2D eigenvalue weighted by molar-refractivity contribution is 0.854. The van der Waals surface area contributed by atoms with Gasteiger partial charge in [0.2, 0.25) is 0 Å². The Hall–Kier alpha value is -1.33. The standard InChI is InChI=1S/C11H16N4S/c1-15(6-4-9-3-2-5-13-9)11-14-8-10(7-12)16-11/h2-3,5,8,13H,4,6-7,12H2,1H3. The molecule has 2 rings (SSSR count). The Labute approximate surface area is 99.1 Å². The molecule has 0 spiro atoms. The van der Waals surface area contributed by atoms with Crippen molar-refractivity contribution in [1.29, 1.82) is 0 Å². The van der Waals surface area contributed by atoms with Gasteiger partial charge in [-0.1, -0.05) is 0 Å². The molecular formula is C11H16N4S. The Kier molecular flexibility index (Phi) is 3.58. The molecule has 0 bridgehead atoms. The Morgan fingerprint density at radius 2 is 2.44 bits per heavy atom. The van der Waals surface area contributed by atoms with Gasteiger partial charge in [-0.05, 0) is 12.1 Å². The van der Waals surface area contributed by atoms with Crippen LogP contribution in [0.25, 0.3) is 0 Å². The predicted molar refractivity (Wildman–Crippen MR) is 67.8 cm³/mol. The second-order valence-corrected chi connectivity index (χ2v) is 4.77. The molecule has 2 heterocycles. The Morgan fingerprint density at radius 1 is 1.56 bits per heavy atom. The van der Waals surface area contributed by atoms with Crippen LogP contribution in [0.15, 0.2) is 24.5 Å². The van der Waals surface area contributed by atoms with Gasteiger partial charge in [0.15, 0.2) is 5.13 Å². The van der Waals surface area contributed by atoms with E-state index in [0.29, 0.717) is 6.54 Å². The molecule has 4 nitrogen and oxygen atoms in total. The van der Waals surface area contributed by atoms with Gasteiger partial charge in [-0.15, -0.1) is 11.3 Å². The normalized spacial score (nSPS) is 10.6. The van der Waals surface area contributed by atoms with Gasteiger partial charge in [-0.25, -0.2) is 4.98 Å². The summed E-state index contributed by atoms with van der Waals surface area (Å²) in [7, 11) is 2.06. The quantitative estimate of drug-likeness (QED) is 0.829. The first-order valence-electron chi connectivity index (χ1n) is 5.28. The minimum atomic E-state index is 0.572. The average Bonchev–Trinajstić information content (AvgIpc) is 2.96. The number of H-pyrrole nitrogens is 1. The van der Waals surface area contributed by atoms with Crippen LogP contribution in [0.4, 0.5) is 5.13 Å². The van der Waals surface area contributed by atoms with Crippen LogP contribution in [-0.2, 0) is 13.0 Å². The summed E-state index contributed by atoms with van der Waals surface area (Å²) < 4.78 is 0. The molecule has 0 aromatic carbocycles. The molecule has 0 saturated carbocycles. The van der Waals surface area contributed by atoms with Crippen molar-refractivity contribution in [3.63, 3.8) is 0 Å². The fourth-order valence-corrected chi connectivity index (χ4v) is 2.25. The maximum atomic E-state index is 5.56. The van der Waals surface area contributed by atoms with Crippen LogP contribution in [0.3, 0.4) is 0 Å². The van der Waals surface area contributed by atoms with E-state index in [1.54, 1.807) is 11.3 Å². The molecule has 0 atom stereocenters. The summed E-state index contributed by atoms with van der Waals surface area (Å²) in [6, 6.07) is 4.12. The van der Waals surface area contributed by atoms with Crippen LogP contribution in [0, 0.1) is 0 Å². The van der Waals surface area contributed by atoms with Crippen LogP contribution in [0.1, 0.15) is 10.6 Å². The first kappa shape index (κ1) is 11.2. The van der Waals surface area contributed by atoms with Crippen molar-refractivity contribution in [2.24, 2.45) is 5.73 Å². The molecule has 0 unspecified atom stereocenters. The number of aromatic nitrogens is 2. The molecule has 16 heavy (non-hydrogen) atoms. The third-order valence-electron chi connectivity index (χ3n) is 2.45. The molecule has 3 N–H and O–H groups in total. The van der Waals surface area contributed by atoms with Gasteiger partial charge >= 0.3 is 0 Å². The third-order valence-corrected chi connectivity index (χ3v) is 3.58. The maximum absolute atomic E-state index is 5.56. The number of aromatic amines is 1. The molecule has 2 aromatic rings. The average molecular weight is 236 g/mol. The van der Waals surface area contributed by atoms with E-state index in [9.17, 15) is 0 Å². The zero-order chi connectivity index (χ0) is 11.4. The number of likely N-dealkylation sites (N-methyl/N-ethyl adjacent to an activating group) is 1. The summed E-state index contributed by atoms with van der Waals surface area (Å²) in [4.78, 5) is 10.8. The Morgan fingerprint density at radius 3 is 3.06 bits per heavy atom. The van der Waals surface area contributed by atoms with E-state index in [1.807, 2.05) is 18.5 Å². The van der Waals surface area contributed by atoms with Gasteiger partial charge in [0.05, 0.1) is 0 Å². The van der Waals surface area contributed by atoms with Crippen LogP contribution in [-0.4, -0.2) is 23.6 Å². The summed E-state index contributed by atoms with van der Waals surface area (Å²) in [5.41, 5.74) is 6.81. The lowest BCUT2D eigenvalue weighted by atomic mass is 10.3. The molecule has 0 saturated heterocycles. The zero-order valence-electron chi connectivity index (χ0n) is 9.31. The molecule has 5 heteroatoms. The minimum Gasteiger partial charge on any atom is -0.365 e. The minimum absolute atomic E-state index is 0.572. The molecule has 2 aromatic heterocycles. The highest BCUT2D eigenvalue weighted by molar-refractivity contribution is 7.15. The van der Waals surface area contributed by atoms with E-state index in [2.05, 4.69) is 28.0 Å². The summed E-state index contributed by atoms with van der Waals surface area (Å²) in [6.45, 7) is 1.53. The Bertz CT molecular complexity index is 421. The lowest BCUT2D eigenvalue weighted by Crippen LogP contribution is -2.20. The molecular weight excluding hydrogens is 220 g/mol. The fraction of sp³-hybridized carbons (Fsp3) is 0.364. The van der Waals surface area contributed by atoms with Crippen molar-refractivity contribution >= 4 is 16.5 Å². The highest BCUT2D eigenvalue weighted by atomic mass is 32.1. The number of thiazole rings is 1. The molecule has 0 aliphatic carbocycles. The van der Waals surface area contributed by atoms with Crippen molar-refractivity contribution in [1.82, 2.24) is 9.97 Å². The van der Waals surface area contributed by atoms with Crippen molar-refractivity contribution in [2.45, 2.75) is 13.0 Å². The number of hydrogen-bond acceptors (Lipinski definition) is 4. The number of nitrogens with one attached hydrogen (secondary N) is 1. The first-order chi connectivity index (χ1) is 7.79. The Balaban J connectivity index is 1.90. The molecule has 86 valence electrons. The summed E-state index contributed by atoms with van der Waals surface area (Å²) in [5.74, 6) is 0. The van der Waals surface area contributed by atoms with E-state index in [1.165, 1.54) is 5.69 Å². The van der Waals surface area contributed by atoms with Gasteiger partial charge in [-0.3, -0.25) is 0 Å². The summed E-state index contributed by atoms with van der Waals surface area (Å²) in [5, 5.41) is 1.03. The van der Waals surface area contributed by atoms with Gasteiger partial charge in [0.1, 0.15) is 0 Å². The maximum Gasteiger partial charge on any atom is 0.185 e. The van der Waals surface area contributed by atoms with Crippen molar-refractivity contribution in [3.8, 4) is 0 Å². The number of nitrogens with two attached hydrogens (primary N) is 1. The highest BCUT2D eigenvalue weighted by Gasteiger charge is 2.06. The van der Waals surface area contributed by atoms with E-state index >= 15 is 0 Å². The van der Waals surface area contributed by atoms with Crippen LogP contribution in [0.2, 0.25) is 0 Å². The van der Waals surface area contributed by atoms with Crippen molar-refractivity contribution < 1.29 is 0 Å². The fourth-order valence-electron chi connectivity index (χ4n) is 1.47. The largest absolute Gasteiger partial charge is 0.365 e. The second kappa shape index (κ2) is 5.14. The molecule has 0 fully saturated rings. The molecule has 0 amide bonds. The number of rotatable bonds is 5. The van der Waals surface area contributed by atoms with Gasteiger partial charge < -0.3 is 15.6 Å². The first-order valence-corrected chi connectivity index (χ1v) is 6.09. The SMILES string of the molecule is CN(CCc1ccc[nH]1)c1ncc(CN)s1. The lowest BCUT2D eigenvalue weighted by Gasteiger charge is -2.14. The van der Waals surface area contributed by atoms with E-state index < -0.39 is 0 Å². The molecule has 0 aliphatic rings. The summed E-state index contributed by atoms with van der Waals surface area (Å²) >= 11 is 1.66. The predicted octanol–water partition coefficient (Wildman–Crippen LogP) is 1.61. The van der Waals surface area contributed by atoms with Crippen molar-refractivity contribution in [3.05, 3.63) is 35.1 Å². The summed E-state index contributed by atoms with van der Waals surface area (Å²) in [6.07, 6.45) is 4.80. The van der Waals surface area contributed by atoms with Gasteiger partial charge in [-0.2, -0.15) is 0 Å². The van der Waals surface area contributed by atoms with E-state index in [0.717, 1.165) is 23.0 Å². The highest BCUT2D eigenvalue weighted by Crippen LogP contribution is 2.20. The monoisotopic (exact) mass is 236 g/mol. The third kappa shape index (κ3) is 2.62. The molecule has 0 aliphatic heterocycles. The van der Waals surface area contributed by atoms with E-state index in [-0.39, 0.29) is 0 Å². The van der Waals surface area contributed by atoms with Crippen LogP contribution in [0.5, 0.6) is 0 Å².